The fourth-order valence-electron chi connectivity index (χ4n) is 1.75. The highest BCUT2D eigenvalue weighted by molar-refractivity contribution is 7.89. The molecule has 1 rings (SSSR count). The second-order valence-electron chi connectivity index (χ2n) is 4.37. The lowest BCUT2D eigenvalue weighted by Gasteiger charge is -2.16. The van der Waals surface area contributed by atoms with Crippen LogP contribution < -0.4 is 5.73 Å². The van der Waals surface area contributed by atoms with Crippen molar-refractivity contribution in [3.63, 3.8) is 0 Å². The van der Waals surface area contributed by atoms with E-state index in [0.29, 0.717) is 18.0 Å². The number of nitrogens with two attached hydrogens (primary N) is 1. The van der Waals surface area contributed by atoms with Gasteiger partial charge in [-0.25, -0.2) is 12.7 Å². The summed E-state index contributed by atoms with van der Waals surface area (Å²) in [5, 5.41) is 0. The monoisotopic (exact) mass is 290 g/mol. The largest absolute Gasteiger partial charge is 0.326 e. The molecule has 0 aliphatic carbocycles. The molecule has 0 spiro atoms. The first-order chi connectivity index (χ1) is 8.43. The van der Waals surface area contributed by atoms with E-state index in [-0.39, 0.29) is 0 Å². The summed E-state index contributed by atoms with van der Waals surface area (Å²) in [6, 6.07) is 1.70. The first-order valence-corrected chi connectivity index (χ1v) is 8.44. The molecule has 1 heterocycles. The van der Waals surface area contributed by atoms with E-state index in [1.54, 1.807) is 13.1 Å². The molecule has 0 amide bonds. The second-order valence-corrected chi connectivity index (χ2v) is 7.73. The summed E-state index contributed by atoms with van der Waals surface area (Å²) in [4.78, 5) is 2.14. The minimum atomic E-state index is -3.35. The summed E-state index contributed by atoms with van der Waals surface area (Å²) in [5.74, 6) is 0. The van der Waals surface area contributed by atoms with Gasteiger partial charge >= 0.3 is 0 Å². The Kier molecular flexibility index (Phi) is 5.78. The molecular formula is C12H22N2O2S2. The van der Waals surface area contributed by atoms with Gasteiger partial charge in [0, 0.05) is 29.9 Å². The predicted molar refractivity (Wildman–Crippen MR) is 76.3 cm³/mol. The van der Waals surface area contributed by atoms with Gasteiger partial charge in [-0.2, -0.15) is 0 Å². The van der Waals surface area contributed by atoms with Crippen LogP contribution in [0.25, 0.3) is 0 Å². The van der Waals surface area contributed by atoms with Crippen LogP contribution in [0.1, 0.15) is 35.9 Å². The van der Waals surface area contributed by atoms with Gasteiger partial charge in [0.15, 0.2) is 0 Å². The van der Waals surface area contributed by atoms with Crippen molar-refractivity contribution in [2.45, 2.75) is 44.6 Å². The molecule has 1 aromatic heterocycles. The second kappa shape index (κ2) is 6.65. The predicted octanol–water partition coefficient (Wildman–Crippen LogP) is 2.33. The van der Waals surface area contributed by atoms with Crippen molar-refractivity contribution in [3.8, 4) is 0 Å². The number of unbranched alkanes of at least 4 members (excludes halogenated alkanes) is 2. The number of rotatable bonds is 7. The fraction of sp³-hybridized carbons (Fsp3) is 0.667. The van der Waals surface area contributed by atoms with E-state index in [1.807, 2.05) is 6.92 Å². The highest BCUT2D eigenvalue weighted by atomic mass is 32.2. The Balaban J connectivity index is 2.87. The van der Waals surface area contributed by atoms with Crippen molar-refractivity contribution < 1.29 is 8.42 Å². The van der Waals surface area contributed by atoms with E-state index in [4.69, 9.17) is 5.73 Å². The van der Waals surface area contributed by atoms with Crippen molar-refractivity contribution in [1.29, 1.82) is 0 Å². The number of nitrogens with zero attached hydrogens (tertiary/aromatic N) is 1. The Hall–Kier alpha value is -0.430. The van der Waals surface area contributed by atoms with Crippen molar-refractivity contribution >= 4 is 21.4 Å². The molecule has 0 aliphatic rings. The van der Waals surface area contributed by atoms with Crippen LogP contribution in [0, 0.1) is 6.92 Å². The van der Waals surface area contributed by atoms with Gasteiger partial charge in [-0.3, -0.25) is 0 Å². The number of aryl methyl sites for hydroxylation is 1. The lowest BCUT2D eigenvalue weighted by Crippen LogP contribution is -2.28. The summed E-state index contributed by atoms with van der Waals surface area (Å²) >= 11 is 1.46. The smallest absolute Gasteiger partial charge is 0.243 e. The van der Waals surface area contributed by atoms with E-state index in [9.17, 15) is 8.42 Å². The van der Waals surface area contributed by atoms with Gasteiger partial charge < -0.3 is 5.73 Å². The molecule has 0 saturated carbocycles. The Morgan fingerprint density at radius 2 is 2.06 bits per heavy atom. The summed E-state index contributed by atoms with van der Waals surface area (Å²) in [7, 11) is -1.71. The third-order valence-electron chi connectivity index (χ3n) is 2.89. The van der Waals surface area contributed by atoms with E-state index < -0.39 is 10.0 Å². The van der Waals surface area contributed by atoms with Gasteiger partial charge in [-0.05, 0) is 19.4 Å². The van der Waals surface area contributed by atoms with Crippen molar-refractivity contribution in [2.24, 2.45) is 5.73 Å². The third-order valence-corrected chi connectivity index (χ3v) is 6.07. The number of hydrogen-bond donors (Lipinski definition) is 1. The normalized spacial score (nSPS) is 12.3. The standard InChI is InChI=1S/C12H22N2O2S2/c1-4-5-6-7-14(3)18(15,16)12-8-11(9-13)17-10(12)2/h8H,4-7,9,13H2,1-3H3. The summed E-state index contributed by atoms with van der Waals surface area (Å²) in [6.45, 7) is 4.89. The minimum Gasteiger partial charge on any atom is -0.326 e. The fourth-order valence-corrected chi connectivity index (χ4v) is 4.44. The van der Waals surface area contributed by atoms with Crippen molar-refractivity contribution in [2.75, 3.05) is 13.6 Å². The molecule has 4 nitrogen and oxygen atoms in total. The van der Waals surface area contributed by atoms with Crippen molar-refractivity contribution in [1.82, 2.24) is 4.31 Å². The maximum Gasteiger partial charge on any atom is 0.243 e. The first-order valence-electron chi connectivity index (χ1n) is 6.19. The molecule has 2 N–H and O–H groups in total. The van der Waals surface area contributed by atoms with E-state index >= 15 is 0 Å². The molecule has 0 aromatic carbocycles. The van der Waals surface area contributed by atoms with Gasteiger partial charge in [0.05, 0.1) is 4.90 Å². The van der Waals surface area contributed by atoms with E-state index in [2.05, 4.69) is 6.92 Å². The molecule has 0 fully saturated rings. The van der Waals surface area contributed by atoms with Crippen LogP contribution in [-0.4, -0.2) is 26.3 Å². The van der Waals surface area contributed by atoms with Crippen LogP contribution >= 0.6 is 11.3 Å². The van der Waals surface area contributed by atoms with Crippen LogP contribution in [0.15, 0.2) is 11.0 Å². The third kappa shape index (κ3) is 3.54. The first kappa shape index (κ1) is 15.6. The zero-order valence-corrected chi connectivity index (χ0v) is 12.9. The zero-order valence-electron chi connectivity index (χ0n) is 11.3. The Morgan fingerprint density at radius 3 is 2.56 bits per heavy atom. The molecule has 104 valence electrons. The maximum absolute atomic E-state index is 12.4. The molecule has 0 aliphatic heterocycles. The Bertz CT molecular complexity index is 480. The molecule has 1 aromatic rings. The van der Waals surface area contributed by atoms with Crippen LogP contribution in [0.4, 0.5) is 0 Å². The Morgan fingerprint density at radius 1 is 1.39 bits per heavy atom. The summed E-state index contributed by atoms with van der Waals surface area (Å²) in [6.07, 6.45) is 3.04. The average Bonchev–Trinajstić information content (AvgIpc) is 2.71. The Labute approximate surface area is 114 Å². The summed E-state index contributed by atoms with van der Waals surface area (Å²) in [5.41, 5.74) is 5.55. The molecule has 6 heteroatoms. The molecule has 0 saturated heterocycles. The number of sulfonamides is 1. The minimum absolute atomic E-state index is 0.389. The van der Waals surface area contributed by atoms with Gasteiger partial charge in [-0.1, -0.05) is 19.8 Å². The molecule has 0 bridgehead atoms. The quantitative estimate of drug-likeness (QED) is 0.784. The molecule has 0 radical (unpaired) electrons. The SMILES string of the molecule is CCCCCN(C)S(=O)(=O)c1cc(CN)sc1C. The maximum atomic E-state index is 12.4. The van der Waals surface area contributed by atoms with Crippen LogP contribution in [0.5, 0.6) is 0 Å². The van der Waals surface area contributed by atoms with Crippen molar-refractivity contribution in [3.05, 3.63) is 15.8 Å². The molecule has 0 atom stereocenters. The highest BCUT2D eigenvalue weighted by Crippen LogP contribution is 2.27. The van der Waals surface area contributed by atoms with Crippen LogP contribution in [0.2, 0.25) is 0 Å². The van der Waals surface area contributed by atoms with Gasteiger partial charge in [0.1, 0.15) is 0 Å². The summed E-state index contributed by atoms with van der Waals surface area (Å²) < 4.78 is 26.2. The van der Waals surface area contributed by atoms with Gasteiger partial charge in [0.2, 0.25) is 10.0 Å². The van der Waals surface area contributed by atoms with E-state index in [1.165, 1.54) is 15.6 Å². The lowest BCUT2D eigenvalue weighted by molar-refractivity contribution is 0.454. The highest BCUT2D eigenvalue weighted by Gasteiger charge is 2.24. The van der Waals surface area contributed by atoms with Crippen LogP contribution in [-0.2, 0) is 16.6 Å². The molecule has 0 unspecified atom stereocenters. The average molecular weight is 290 g/mol. The van der Waals surface area contributed by atoms with E-state index in [0.717, 1.165) is 29.0 Å². The van der Waals surface area contributed by atoms with Crippen LogP contribution in [0.3, 0.4) is 0 Å². The topological polar surface area (TPSA) is 63.4 Å². The van der Waals surface area contributed by atoms with Gasteiger partial charge in [-0.15, -0.1) is 11.3 Å². The molecular weight excluding hydrogens is 268 g/mol. The van der Waals surface area contributed by atoms with Gasteiger partial charge in [0.25, 0.3) is 0 Å². The number of thiophene rings is 1. The number of hydrogen-bond acceptors (Lipinski definition) is 4. The lowest BCUT2D eigenvalue weighted by atomic mass is 10.2. The molecule has 18 heavy (non-hydrogen) atoms. The zero-order chi connectivity index (χ0) is 13.8.